The van der Waals surface area contributed by atoms with Crippen LogP contribution in [-0.4, -0.2) is 6.54 Å². The van der Waals surface area contributed by atoms with Gasteiger partial charge >= 0.3 is 0 Å². The normalized spacial score (nSPS) is 12.6. The van der Waals surface area contributed by atoms with Gasteiger partial charge in [-0.15, -0.1) is 11.3 Å². The zero-order valence-corrected chi connectivity index (χ0v) is 11.3. The van der Waals surface area contributed by atoms with Gasteiger partial charge in [-0.05, 0) is 43.8 Å². The molecule has 0 aliphatic carbocycles. The first-order valence-corrected chi connectivity index (χ1v) is 6.96. The topological polar surface area (TPSA) is 12.0 Å². The fraction of sp³-hybridized carbons (Fsp3) is 0.333. The van der Waals surface area contributed by atoms with E-state index in [1.807, 2.05) is 11.3 Å². The lowest BCUT2D eigenvalue weighted by molar-refractivity contribution is 0.584. The number of hydrogen-bond donors (Lipinski definition) is 1. The fourth-order valence-corrected chi connectivity index (χ4v) is 2.70. The lowest BCUT2D eigenvalue weighted by Crippen LogP contribution is -2.20. The van der Waals surface area contributed by atoms with Crippen molar-refractivity contribution in [1.29, 1.82) is 0 Å². The molecule has 1 unspecified atom stereocenters. The van der Waals surface area contributed by atoms with E-state index < -0.39 is 0 Å². The van der Waals surface area contributed by atoms with E-state index in [1.54, 1.807) is 0 Å². The molecule has 0 aliphatic rings. The van der Waals surface area contributed by atoms with Gasteiger partial charge in [0.2, 0.25) is 0 Å². The third-order valence-electron chi connectivity index (χ3n) is 2.92. The van der Waals surface area contributed by atoms with Crippen molar-refractivity contribution in [3.05, 3.63) is 57.8 Å². The van der Waals surface area contributed by atoms with Gasteiger partial charge in [-0.25, -0.2) is 0 Å². The summed E-state index contributed by atoms with van der Waals surface area (Å²) in [6.45, 7) is 5.40. The standard InChI is InChI=1S/C15H19NS/c1-12-5-3-6-14(11-12)8-9-16-13(2)15-7-4-10-17-15/h3-7,10-11,13,16H,8-9H2,1-2H3. The Labute approximate surface area is 108 Å². The number of hydrogen-bond acceptors (Lipinski definition) is 2. The van der Waals surface area contributed by atoms with Crippen molar-refractivity contribution in [1.82, 2.24) is 5.32 Å². The summed E-state index contributed by atoms with van der Waals surface area (Å²) in [5.41, 5.74) is 2.75. The zero-order chi connectivity index (χ0) is 12.1. The van der Waals surface area contributed by atoms with E-state index in [1.165, 1.54) is 16.0 Å². The van der Waals surface area contributed by atoms with Crippen LogP contribution in [0.2, 0.25) is 0 Å². The van der Waals surface area contributed by atoms with Gasteiger partial charge in [0.25, 0.3) is 0 Å². The molecule has 0 fully saturated rings. The molecule has 2 rings (SSSR count). The Kier molecular flexibility index (Phi) is 4.35. The van der Waals surface area contributed by atoms with Crippen molar-refractivity contribution in [2.24, 2.45) is 0 Å². The predicted molar refractivity (Wildman–Crippen MR) is 75.6 cm³/mol. The molecule has 0 saturated carbocycles. The summed E-state index contributed by atoms with van der Waals surface area (Å²) in [7, 11) is 0. The minimum atomic E-state index is 0.458. The van der Waals surface area contributed by atoms with Gasteiger partial charge in [-0.2, -0.15) is 0 Å². The fourth-order valence-electron chi connectivity index (χ4n) is 1.94. The quantitative estimate of drug-likeness (QED) is 0.841. The molecule has 1 aromatic heterocycles. The van der Waals surface area contributed by atoms with E-state index in [4.69, 9.17) is 0 Å². The molecule has 0 aliphatic heterocycles. The summed E-state index contributed by atoms with van der Waals surface area (Å²) in [5.74, 6) is 0. The highest BCUT2D eigenvalue weighted by Crippen LogP contribution is 2.17. The summed E-state index contributed by atoms with van der Waals surface area (Å²) >= 11 is 1.82. The Morgan fingerprint density at radius 2 is 2.12 bits per heavy atom. The van der Waals surface area contributed by atoms with Crippen LogP contribution in [0.3, 0.4) is 0 Å². The molecule has 1 nitrogen and oxygen atoms in total. The van der Waals surface area contributed by atoms with Gasteiger partial charge in [0.15, 0.2) is 0 Å². The van der Waals surface area contributed by atoms with Crippen LogP contribution in [0.1, 0.15) is 29.0 Å². The van der Waals surface area contributed by atoms with E-state index in [-0.39, 0.29) is 0 Å². The van der Waals surface area contributed by atoms with Crippen molar-refractivity contribution in [3.63, 3.8) is 0 Å². The Bertz CT molecular complexity index is 448. The number of rotatable bonds is 5. The first-order valence-electron chi connectivity index (χ1n) is 6.08. The summed E-state index contributed by atoms with van der Waals surface area (Å²) in [6, 6.07) is 13.5. The van der Waals surface area contributed by atoms with Crippen molar-refractivity contribution in [2.45, 2.75) is 26.3 Å². The van der Waals surface area contributed by atoms with Gasteiger partial charge in [-0.1, -0.05) is 35.9 Å². The average Bonchev–Trinajstić information content (AvgIpc) is 2.82. The Balaban J connectivity index is 1.80. The molecule has 0 saturated heterocycles. The second-order valence-electron chi connectivity index (χ2n) is 4.43. The molecule has 1 heterocycles. The second-order valence-corrected chi connectivity index (χ2v) is 5.41. The number of aryl methyl sites for hydroxylation is 1. The smallest absolute Gasteiger partial charge is 0.0386 e. The van der Waals surface area contributed by atoms with E-state index in [9.17, 15) is 0 Å². The molecule has 17 heavy (non-hydrogen) atoms. The monoisotopic (exact) mass is 245 g/mol. The molecule has 0 bridgehead atoms. The SMILES string of the molecule is Cc1cccc(CCNC(C)c2cccs2)c1. The zero-order valence-electron chi connectivity index (χ0n) is 10.4. The van der Waals surface area contributed by atoms with E-state index in [0.717, 1.165) is 13.0 Å². The molecule has 1 aromatic carbocycles. The lowest BCUT2D eigenvalue weighted by atomic mass is 10.1. The van der Waals surface area contributed by atoms with Crippen LogP contribution < -0.4 is 5.32 Å². The van der Waals surface area contributed by atoms with Gasteiger partial charge in [0, 0.05) is 10.9 Å². The minimum Gasteiger partial charge on any atom is -0.309 e. The largest absolute Gasteiger partial charge is 0.309 e. The van der Waals surface area contributed by atoms with Gasteiger partial charge in [0.05, 0.1) is 0 Å². The Morgan fingerprint density at radius 1 is 1.24 bits per heavy atom. The van der Waals surface area contributed by atoms with Crippen LogP contribution in [-0.2, 0) is 6.42 Å². The minimum absolute atomic E-state index is 0.458. The van der Waals surface area contributed by atoms with Crippen molar-refractivity contribution >= 4 is 11.3 Å². The summed E-state index contributed by atoms with van der Waals surface area (Å²) in [5, 5.41) is 5.70. The third kappa shape index (κ3) is 3.69. The molecule has 0 radical (unpaired) electrons. The number of benzene rings is 1. The van der Waals surface area contributed by atoms with Crippen molar-refractivity contribution in [2.75, 3.05) is 6.54 Å². The maximum atomic E-state index is 3.56. The van der Waals surface area contributed by atoms with Crippen LogP contribution in [0, 0.1) is 6.92 Å². The number of thiophene rings is 1. The molecular formula is C15H19NS. The molecule has 0 amide bonds. The summed E-state index contributed by atoms with van der Waals surface area (Å²) < 4.78 is 0. The van der Waals surface area contributed by atoms with Crippen molar-refractivity contribution < 1.29 is 0 Å². The molecule has 2 heteroatoms. The van der Waals surface area contributed by atoms with Gasteiger partial charge in [0.1, 0.15) is 0 Å². The Hall–Kier alpha value is -1.12. The molecule has 90 valence electrons. The van der Waals surface area contributed by atoms with Crippen LogP contribution in [0.5, 0.6) is 0 Å². The maximum absolute atomic E-state index is 3.56. The van der Waals surface area contributed by atoms with Crippen LogP contribution >= 0.6 is 11.3 Å². The maximum Gasteiger partial charge on any atom is 0.0386 e. The van der Waals surface area contributed by atoms with Gasteiger partial charge in [-0.3, -0.25) is 0 Å². The van der Waals surface area contributed by atoms with Gasteiger partial charge < -0.3 is 5.32 Å². The first-order chi connectivity index (χ1) is 8.25. The van der Waals surface area contributed by atoms with E-state index in [0.29, 0.717) is 6.04 Å². The highest BCUT2D eigenvalue weighted by molar-refractivity contribution is 7.10. The van der Waals surface area contributed by atoms with Crippen LogP contribution in [0.15, 0.2) is 41.8 Å². The lowest BCUT2D eigenvalue weighted by Gasteiger charge is -2.12. The highest BCUT2D eigenvalue weighted by atomic mass is 32.1. The first kappa shape index (κ1) is 12.3. The molecule has 1 atom stereocenters. The Morgan fingerprint density at radius 3 is 2.82 bits per heavy atom. The van der Waals surface area contributed by atoms with Crippen molar-refractivity contribution in [3.8, 4) is 0 Å². The predicted octanol–water partition coefficient (Wildman–Crippen LogP) is 3.95. The van der Waals surface area contributed by atoms with E-state index >= 15 is 0 Å². The van der Waals surface area contributed by atoms with Crippen LogP contribution in [0.25, 0.3) is 0 Å². The highest BCUT2D eigenvalue weighted by Gasteiger charge is 2.04. The van der Waals surface area contributed by atoms with Crippen LogP contribution in [0.4, 0.5) is 0 Å². The molecule has 0 spiro atoms. The second kappa shape index (κ2) is 5.99. The third-order valence-corrected chi connectivity index (χ3v) is 3.97. The summed E-state index contributed by atoms with van der Waals surface area (Å²) in [4.78, 5) is 1.41. The summed E-state index contributed by atoms with van der Waals surface area (Å²) in [6.07, 6.45) is 1.09. The number of nitrogens with one attached hydrogen (secondary N) is 1. The van der Waals surface area contributed by atoms with E-state index in [2.05, 4.69) is 60.9 Å². The molecule has 2 aromatic rings. The average molecular weight is 245 g/mol. The molecular weight excluding hydrogens is 226 g/mol. The molecule has 1 N–H and O–H groups in total.